The molecule has 0 spiro atoms. The van der Waals surface area contributed by atoms with Crippen LogP contribution in [0.4, 0.5) is 0 Å². The summed E-state index contributed by atoms with van der Waals surface area (Å²) in [7, 11) is 1.64. The SMILES string of the molecule is C[C@H](C(=O)N(C)C1(C(=O)O)CCCCC1)c1ccccc1. The van der Waals surface area contributed by atoms with E-state index in [-0.39, 0.29) is 11.8 Å². The van der Waals surface area contributed by atoms with Gasteiger partial charge in [0.2, 0.25) is 5.91 Å². The lowest BCUT2D eigenvalue weighted by molar-refractivity contribution is -0.160. The van der Waals surface area contributed by atoms with Crippen LogP contribution in [0.2, 0.25) is 0 Å². The topological polar surface area (TPSA) is 57.6 Å². The molecule has 21 heavy (non-hydrogen) atoms. The number of hydrogen-bond donors (Lipinski definition) is 1. The van der Waals surface area contributed by atoms with E-state index in [9.17, 15) is 14.7 Å². The first kappa shape index (κ1) is 15.5. The summed E-state index contributed by atoms with van der Waals surface area (Å²) >= 11 is 0. The van der Waals surface area contributed by atoms with Crippen molar-refractivity contribution in [3.63, 3.8) is 0 Å². The highest BCUT2D eigenvalue weighted by Gasteiger charge is 2.46. The Bertz CT molecular complexity index is 506. The molecule has 1 atom stereocenters. The van der Waals surface area contributed by atoms with E-state index >= 15 is 0 Å². The van der Waals surface area contributed by atoms with E-state index in [1.807, 2.05) is 37.3 Å². The zero-order chi connectivity index (χ0) is 15.5. The van der Waals surface area contributed by atoms with E-state index in [4.69, 9.17) is 0 Å². The zero-order valence-electron chi connectivity index (χ0n) is 12.7. The number of rotatable bonds is 4. The summed E-state index contributed by atoms with van der Waals surface area (Å²) < 4.78 is 0. The first-order valence-corrected chi connectivity index (χ1v) is 7.55. The Kier molecular flexibility index (Phi) is 4.66. The van der Waals surface area contributed by atoms with Crippen LogP contribution in [0, 0.1) is 0 Å². The van der Waals surface area contributed by atoms with Crippen LogP contribution in [-0.4, -0.2) is 34.5 Å². The minimum Gasteiger partial charge on any atom is -0.479 e. The van der Waals surface area contributed by atoms with Crippen molar-refractivity contribution in [1.82, 2.24) is 4.90 Å². The molecule has 0 aliphatic heterocycles. The van der Waals surface area contributed by atoms with Gasteiger partial charge in [-0.2, -0.15) is 0 Å². The molecule has 1 saturated carbocycles. The third-order valence-electron chi connectivity index (χ3n) is 4.72. The number of carboxylic acid groups (broad SMARTS) is 1. The summed E-state index contributed by atoms with van der Waals surface area (Å²) in [5.74, 6) is -1.32. The first-order valence-electron chi connectivity index (χ1n) is 7.55. The summed E-state index contributed by atoms with van der Waals surface area (Å²) in [4.78, 5) is 26.0. The highest BCUT2D eigenvalue weighted by molar-refractivity contribution is 5.90. The predicted octanol–water partition coefficient (Wildman–Crippen LogP) is 3.04. The number of carbonyl (C=O) groups is 2. The van der Waals surface area contributed by atoms with Crippen molar-refractivity contribution < 1.29 is 14.7 Å². The first-order chi connectivity index (χ1) is 9.99. The van der Waals surface area contributed by atoms with E-state index in [1.165, 1.54) is 4.90 Å². The zero-order valence-corrected chi connectivity index (χ0v) is 12.7. The van der Waals surface area contributed by atoms with Crippen molar-refractivity contribution in [1.29, 1.82) is 0 Å². The Balaban J connectivity index is 2.22. The third kappa shape index (κ3) is 2.94. The van der Waals surface area contributed by atoms with Gasteiger partial charge in [-0.1, -0.05) is 49.6 Å². The second-order valence-corrected chi connectivity index (χ2v) is 5.93. The molecule has 1 aliphatic carbocycles. The van der Waals surface area contributed by atoms with Gasteiger partial charge in [-0.15, -0.1) is 0 Å². The average molecular weight is 289 g/mol. The Morgan fingerprint density at radius 2 is 1.71 bits per heavy atom. The maximum absolute atomic E-state index is 12.7. The number of carboxylic acids is 1. The molecule has 0 radical (unpaired) electrons. The summed E-state index contributed by atoms with van der Waals surface area (Å²) in [6, 6.07) is 9.51. The van der Waals surface area contributed by atoms with Crippen molar-refractivity contribution >= 4 is 11.9 Å². The van der Waals surface area contributed by atoms with Crippen molar-refractivity contribution in [2.75, 3.05) is 7.05 Å². The molecule has 1 aromatic carbocycles. The molecule has 0 saturated heterocycles. The molecule has 4 nitrogen and oxygen atoms in total. The number of amides is 1. The van der Waals surface area contributed by atoms with Crippen LogP contribution in [-0.2, 0) is 9.59 Å². The molecular formula is C17H23NO3. The minimum absolute atomic E-state index is 0.120. The number of benzene rings is 1. The Labute approximate surface area is 125 Å². The minimum atomic E-state index is -1.03. The van der Waals surface area contributed by atoms with Gasteiger partial charge in [0.1, 0.15) is 5.54 Å². The van der Waals surface area contributed by atoms with Crippen LogP contribution in [0.3, 0.4) is 0 Å². The van der Waals surface area contributed by atoms with Gasteiger partial charge in [0, 0.05) is 7.05 Å². The summed E-state index contributed by atoms with van der Waals surface area (Å²) in [6.07, 6.45) is 3.87. The lowest BCUT2D eigenvalue weighted by Crippen LogP contribution is -2.57. The highest BCUT2D eigenvalue weighted by Crippen LogP contribution is 2.35. The predicted molar refractivity (Wildman–Crippen MR) is 81.1 cm³/mol. The van der Waals surface area contributed by atoms with Crippen LogP contribution in [0.25, 0.3) is 0 Å². The molecule has 0 bridgehead atoms. The molecule has 0 unspecified atom stereocenters. The molecule has 0 heterocycles. The van der Waals surface area contributed by atoms with E-state index in [1.54, 1.807) is 7.05 Å². The van der Waals surface area contributed by atoms with Crippen LogP contribution >= 0.6 is 0 Å². The van der Waals surface area contributed by atoms with E-state index in [0.29, 0.717) is 12.8 Å². The molecule has 1 amide bonds. The van der Waals surface area contributed by atoms with Crippen molar-refractivity contribution in [2.24, 2.45) is 0 Å². The molecule has 4 heteroatoms. The van der Waals surface area contributed by atoms with Gasteiger partial charge < -0.3 is 10.0 Å². The van der Waals surface area contributed by atoms with Crippen LogP contribution in [0.5, 0.6) is 0 Å². The number of carbonyl (C=O) groups excluding carboxylic acids is 1. The Morgan fingerprint density at radius 3 is 2.24 bits per heavy atom. The molecule has 0 aromatic heterocycles. The van der Waals surface area contributed by atoms with Crippen LogP contribution < -0.4 is 0 Å². The maximum Gasteiger partial charge on any atom is 0.329 e. The molecule has 1 aliphatic rings. The normalized spacial score (nSPS) is 18.8. The molecular weight excluding hydrogens is 266 g/mol. The van der Waals surface area contributed by atoms with E-state index in [2.05, 4.69) is 0 Å². The fourth-order valence-electron chi connectivity index (χ4n) is 3.22. The van der Waals surface area contributed by atoms with Gasteiger partial charge in [0.05, 0.1) is 5.92 Å². The summed E-state index contributed by atoms with van der Waals surface area (Å²) in [6.45, 7) is 1.84. The van der Waals surface area contributed by atoms with Gasteiger partial charge in [-0.25, -0.2) is 4.79 Å². The smallest absolute Gasteiger partial charge is 0.329 e. The van der Waals surface area contributed by atoms with Crippen LogP contribution in [0.1, 0.15) is 50.5 Å². The van der Waals surface area contributed by atoms with Crippen LogP contribution in [0.15, 0.2) is 30.3 Å². The quantitative estimate of drug-likeness (QED) is 0.927. The number of nitrogens with zero attached hydrogens (tertiary/aromatic N) is 1. The second-order valence-electron chi connectivity index (χ2n) is 5.93. The number of likely N-dealkylation sites (N-methyl/N-ethyl adjacent to an activating group) is 1. The summed E-state index contributed by atoms with van der Waals surface area (Å²) in [5.41, 5.74) is -0.107. The van der Waals surface area contributed by atoms with Gasteiger partial charge in [0.15, 0.2) is 0 Å². The van der Waals surface area contributed by atoms with Gasteiger partial charge in [-0.05, 0) is 25.3 Å². The second kappa shape index (κ2) is 6.29. The number of aliphatic carboxylic acids is 1. The van der Waals surface area contributed by atoms with E-state index < -0.39 is 11.5 Å². The molecule has 1 N–H and O–H groups in total. The fraction of sp³-hybridized carbons (Fsp3) is 0.529. The number of hydrogen-bond acceptors (Lipinski definition) is 2. The van der Waals surface area contributed by atoms with Crippen molar-refractivity contribution in [3.8, 4) is 0 Å². The third-order valence-corrected chi connectivity index (χ3v) is 4.72. The Hall–Kier alpha value is -1.84. The average Bonchev–Trinajstić information content (AvgIpc) is 2.54. The van der Waals surface area contributed by atoms with Gasteiger partial charge in [-0.3, -0.25) is 4.79 Å². The van der Waals surface area contributed by atoms with Gasteiger partial charge in [0.25, 0.3) is 0 Å². The molecule has 1 aromatic rings. The molecule has 114 valence electrons. The lowest BCUT2D eigenvalue weighted by atomic mass is 9.79. The monoisotopic (exact) mass is 289 g/mol. The Morgan fingerprint density at radius 1 is 1.14 bits per heavy atom. The van der Waals surface area contributed by atoms with Crippen molar-refractivity contribution in [2.45, 2.75) is 50.5 Å². The van der Waals surface area contributed by atoms with E-state index in [0.717, 1.165) is 24.8 Å². The summed E-state index contributed by atoms with van der Waals surface area (Å²) in [5, 5.41) is 9.67. The standard InChI is InChI=1S/C17H23NO3/c1-13(14-9-5-3-6-10-14)15(19)18(2)17(16(20)21)11-7-4-8-12-17/h3,5-6,9-10,13H,4,7-8,11-12H2,1-2H3,(H,20,21)/t13-/m0/s1. The van der Waals surface area contributed by atoms with Gasteiger partial charge >= 0.3 is 5.97 Å². The highest BCUT2D eigenvalue weighted by atomic mass is 16.4. The maximum atomic E-state index is 12.7. The largest absolute Gasteiger partial charge is 0.479 e. The molecule has 2 rings (SSSR count). The molecule has 1 fully saturated rings. The van der Waals surface area contributed by atoms with Crippen molar-refractivity contribution in [3.05, 3.63) is 35.9 Å². The lowest BCUT2D eigenvalue weighted by Gasteiger charge is -2.42. The fourth-order valence-corrected chi connectivity index (χ4v) is 3.22.